The van der Waals surface area contributed by atoms with Gasteiger partial charge in [0, 0.05) is 11.5 Å². The number of ether oxygens (including phenoxy) is 2. The van der Waals surface area contributed by atoms with Crippen LogP contribution in [0.3, 0.4) is 0 Å². The lowest BCUT2D eigenvalue weighted by atomic mass is 10.2. The van der Waals surface area contributed by atoms with Crippen LogP contribution in [0.25, 0.3) is 11.0 Å². The monoisotopic (exact) mass is 236 g/mol. The molecule has 0 radical (unpaired) electrons. The average molecular weight is 236 g/mol. The van der Waals surface area contributed by atoms with Gasteiger partial charge in [-0.15, -0.1) is 0 Å². The largest absolute Gasteiger partial charge is 0.497 e. The lowest BCUT2D eigenvalue weighted by Crippen LogP contribution is -2.12. The maximum absolute atomic E-state index is 11.2. The van der Waals surface area contributed by atoms with Crippen LogP contribution in [0.15, 0.2) is 28.7 Å². The maximum Gasteiger partial charge on any atom is 0.342 e. The first-order chi connectivity index (χ1) is 8.15. The van der Waals surface area contributed by atoms with Crippen molar-refractivity contribution in [2.24, 2.45) is 0 Å². The smallest absolute Gasteiger partial charge is 0.342 e. The van der Waals surface area contributed by atoms with Gasteiger partial charge in [-0.1, -0.05) is 0 Å². The molecule has 17 heavy (non-hydrogen) atoms. The van der Waals surface area contributed by atoms with E-state index >= 15 is 0 Å². The summed E-state index contributed by atoms with van der Waals surface area (Å²) in [5.41, 5.74) is 0.544. The predicted octanol–water partition coefficient (Wildman–Crippen LogP) is 1.65. The first-order valence-electron chi connectivity index (χ1n) is 4.99. The van der Waals surface area contributed by atoms with Crippen LogP contribution >= 0.6 is 0 Å². The molecular weight excluding hydrogens is 224 g/mol. The fourth-order valence-electron chi connectivity index (χ4n) is 1.52. The molecule has 0 saturated heterocycles. The summed E-state index contributed by atoms with van der Waals surface area (Å²) in [6, 6.07) is 6.83. The number of carbonyl (C=O) groups is 1. The Balaban J connectivity index is 2.40. The Kier molecular flexibility index (Phi) is 3.01. The molecule has 5 heteroatoms. The molecule has 1 aromatic heterocycles. The van der Waals surface area contributed by atoms with Crippen LogP contribution in [0, 0.1) is 0 Å². The van der Waals surface area contributed by atoms with Crippen LogP contribution in [-0.4, -0.2) is 25.3 Å². The molecule has 0 saturated carbocycles. The molecule has 2 aromatic rings. The van der Waals surface area contributed by atoms with Gasteiger partial charge in [0.25, 0.3) is 0 Å². The van der Waals surface area contributed by atoms with Gasteiger partial charge in [-0.3, -0.25) is 0 Å². The van der Waals surface area contributed by atoms with E-state index in [9.17, 15) is 9.90 Å². The summed E-state index contributed by atoms with van der Waals surface area (Å²) in [6.45, 7) is 0. The Morgan fingerprint density at radius 2 is 2.12 bits per heavy atom. The topological polar surface area (TPSA) is 68.9 Å². The molecule has 0 amide bonds. The highest BCUT2D eigenvalue weighted by molar-refractivity contribution is 5.82. The van der Waals surface area contributed by atoms with Crippen LogP contribution in [0.5, 0.6) is 5.75 Å². The van der Waals surface area contributed by atoms with Crippen LogP contribution in [0.1, 0.15) is 11.9 Å². The molecule has 2 rings (SSSR count). The van der Waals surface area contributed by atoms with Gasteiger partial charge in [-0.2, -0.15) is 0 Å². The quantitative estimate of drug-likeness (QED) is 0.820. The predicted molar refractivity (Wildman–Crippen MR) is 59.7 cm³/mol. The third kappa shape index (κ3) is 2.09. The van der Waals surface area contributed by atoms with Crippen molar-refractivity contribution >= 4 is 16.9 Å². The molecule has 1 unspecified atom stereocenters. The minimum absolute atomic E-state index is 0.153. The van der Waals surface area contributed by atoms with E-state index in [1.807, 2.05) is 0 Å². The molecule has 1 N–H and O–H groups in total. The highest BCUT2D eigenvalue weighted by Crippen LogP contribution is 2.27. The summed E-state index contributed by atoms with van der Waals surface area (Å²) in [4.78, 5) is 11.2. The van der Waals surface area contributed by atoms with Gasteiger partial charge in [0.2, 0.25) is 6.10 Å². The van der Waals surface area contributed by atoms with E-state index in [-0.39, 0.29) is 5.76 Å². The normalized spacial score (nSPS) is 12.4. The number of esters is 1. The van der Waals surface area contributed by atoms with Gasteiger partial charge in [-0.05, 0) is 18.2 Å². The summed E-state index contributed by atoms with van der Waals surface area (Å²) in [5.74, 6) is 0.0436. The number of furan rings is 1. The van der Waals surface area contributed by atoms with E-state index in [4.69, 9.17) is 9.15 Å². The van der Waals surface area contributed by atoms with Crippen molar-refractivity contribution in [2.75, 3.05) is 14.2 Å². The van der Waals surface area contributed by atoms with Crippen molar-refractivity contribution in [3.63, 3.8) is 0 Å². The minimum atomic E-state index is -1.40. The number of hydrogen-bond donors (Lipinski definition) is 1. The maximum atomic E-state index is 11.2. The zero-order chi connectivity index (χ0) is 12.4. The Hall–Kier alpha value is -2.01. The molecule has 0 aliphatic heterocycles. The molecule has 0 bridgehead atoms. The molecule has 0 aliphatic rings. The molecule has 1 heterocycles. The second-order valence-corrected chi connectivity index (χ2v) is 3.48. The standard InChI is InChI=1S/C12H12O5/c1-15-8-4-3-7-5-10(17-9(7)6-8)11(13)12(14)16-2/h3-6,11,13H,1-2H3. The zero-order valence-corrected chi connectivity index (χ0v) is 9.47. The Bertz CT molecular complexity index is 543. The van der Waals surface area contributed by atoms with Crippen molar-refractivity contribution in [3.8, 4) is 5.75 Å². The minimum Gasteiger partial charge on any atom is -0.497 e. The Labute approximate surface area is 97.6 Å². The van der Waals surface area contributed by atoms with E-state index in [1.165, 1.54) is 7.11 Å². The number of fused-ring (bicyclic) bond motifs is 1. The van der Waals surface area contributed by atoms with Crippen molar-refractivity contribution in [1.82, 2.24) is 0 Å². The van der Waals surface area contributed by atoms with Crippen molar-refractivity contribution < 1.29 is 23.8 Å². The number of methoxy groups -OCH3 is 2. The third-order valence-corrected chi connectivity index (χ3v) is 2.44. The average Bonchev–Trinajstić information content (AvgIpc) is 2.79. The highest BCUT2D eigenvalue weighted by Gasteiger charge is 2.22. The lowest BCUT2D eigenvalue weighted by molar-refractivity contribution is -0.151. The van der Waals surface area contributed by atoms with E-state index < -0.39 is 12.1 Å². The Morgan fingerprint density at radius 3 is 2.76 bits per heavy atom. The number of hydrogen-bond acceptors (Lipinski definition) is 5. The fraction of sp³-hybridized carbons (Fsp3) is 0.250. The molecular formula is C12H12O5. The van der Waals surface area contributed by atoms with Crippen molar-refractivity contribution in [2.45, 2.75) is 6.10 Å². The van der Waals surface area contributed by atoms with Crippen molar-refractivity contribution in [3.05, 3.63) is 30.0 Å². The van der Waals surface area contributed by atoms with Crippen LogP contribution in [0.2, 0.25) is 0 Å². The molecule has 90 valence electrons. The summed E-state index contributed by atoms with van der Waals surface area (Å²) < 4.78 is 14.8. The molecule has 0 fully saturated rings. The Morgan fingerprint density at radius 1 is 1.35 bits per heavy atom. The number of benzene rings is 1. The zero-order valence-electron chi connectivity index (χ0n) is 9.47. The van der Waals surface area contributed by atoms with Gasteiger partial charge in [0.15, 0.2) is 0 Å². The number of carbonyl (C=O) groups excluding carboxylic acids is 1. The van der Waals surface area contributed by atoms with Gasteiger partial charge in [-0.25, -0.2) is 4.79 Å². The van der Waals surface area contributed by atoms with E-state index in [1.54, 1.807) is 31.4 Å². The molecule has 0 spiro atoms. The number of aliphatic hydroxyl groups is 1. The van der Waals surface area contributed by atoms with Gasteiger partial charge in [0.1, 0.15) is 17.1 Å². The van der Waals surface area contributed by atoms with Crippen LogP contribution in [-0.2, 0) is 9.53 Å². The summed E-state index contributed by atoms with van der Waals surface area (Å²) in [6.07, 6.45) is -1.40. The second kappa shape index (κ2) is 4.47. The summed E-state index contributed by atoms with van der Waals surface area (Å²) in [7, 11) is 2.76. The SMILES string of the molecule is COC(=O)C(O)c1cc2ccc(OC)cc2o1. The number of rotatable bonds is 3. The molecule has 0 aliphatic carbocycles. The highest BCUT2D eigenvalue weighted by atomic mass is 16.5. The molecule has 5 nitrogen and oxygen atoms in total. The van der Waals surface area contributed by atoms with E-state index in [0.717, 1.165) is 5.39 Å². The lowest BCUT2D eigenvalue weighted by Gasteiger charge is -2.03. The summed E-state index contributed by atoms with van der Waals surface area (Å²) >= 11 is 0. The summed E-state index contributed by atoms with van der Waals surface area (Å²) in [5, 5.41) is 10.4. The second-order valence-electron chi connectivity index (χ2n) is 3.48. The molecule has 1 atom stereocenters. The van der Waals surface area contributed by atoms with Crippen LogP contribution in [0.4, 0.5) is 0 Å². The van der Waals surface area contributed by atoms with E-state index in [0.29, 0.717) is 11.3 Å². The molecule has 1 aromatic carbocycles. The van der Waals surface area contributed by atoms with E-state index in [2.05, 4.69) is 4.74 Å². The van der Waals surface area contributed by atoms with Gasteiger partial charge in [0.05, 0.1) is 14.2 Å². The fourth-order valence-corrected chi connectivity index (χ4v) is 1.52. The first-order valence-corrected chi connectivity index (χ1v) is 4.99. The van der Waals surface area contributed by atoms with Gasteiger partial charge < -0.3 is 19.0 Å². The van der Waals surface area contributed by atoms with Crippen LogP contribution < -0.4 is 4.74 Å². The van der Waals surface area contributed by atoms with Gasteiger partial charge >= 0.3 is 5.97 Å². The number of aliphatic hydroxyl groups excluding tert-OH is 1. The first kappa shape index (κ1) is 11.5. The third-order valence-electron chi connectivity index (χ3n) is 2.44. The van der Waals surface area contributed by atoms with Crippen molar-refractivity contribution in [1.29, 1.82) is 0 Å².